The maximum absolute atomic E-state index is 10.7. The van der Waals surface area contributed by atoms with E-state index in [1.54, 1.807) is 0 Å². The summed E-state index contributed by atoms with van der Waals surface area (Å²) in [6.07, 6.45) is 0. The summed E-state index contributed by atoms with van der Waals surface area (Å²) in [5.74, 6) is -0.686. The predicted molar refractivity (Wildman–Crippen MR) is 41.6 cm³/mol. The number of carbonyl (C=O) groups is 2. The number of primary amides is 1. The smallest absolute Gasteiger partial charge is 0.240 e. The Labute approximate surface area is 66.1 Å². The molecule has 0 aliphatic heterocycles. The quantitative estimate of drug-likeness (QED) is 0.588. The Balaban J connectivity index is 4.12. The lowest BCUT2D eigenvalue weighted by atomic mass is 10.0. The van der Waals surface area contributed by atoms with Crippen molar-refractivity contribution >= 4 is 11.8 Å². The molecular weight excluding hydrogens is 144 g/mol. The van der Waals surface area contributed by atoms with Crippen LogP contribution in [0.3, 0.4) is 0 Å². The van der Waals surface area contributed by atoms with Crippen molar-refractivity contribution in [2.24, 2.45) is 11.7 Å². The molecule has 0 aromatic rings. The van der Waals surface area contributed by atoms with Gasteiger partial charge in [-0.05, 0) is 5.92 Å². The van der Waals surface area contributed by atoms with Crippen LogP contribution in [0, 0.1) is 5.92 Å². The average molecular weight is 158 g/mol. The molecule has 0 saturated carbocycles. The molecule has 1 atom stereocenters. The van der Waals surface area contributed by atoms with E-state index in [1.807, 2.05) is 13.8 Å². The first kappa shape index (κ1) is 9.94. The lowest BCUT2D eigenvalue weighted by Crippen LogP contribution is -2.46. The molecule has 2 amide bonds. The lowest BCUT2D eigenvalue weighted by molar-refractivity contribution is -0.127. The van der Waals surface area contributed by atoms with Crippen LogP contribution in [0.15, 0.2) is 0 Å². The molecule has 0 aliphatic rings. The van der Waals surface area contributed by atoms with Gasteiger partial charge in [-0.1, -0.05) is 13.8 Å². The zero-order valence-corrected chi connectivity index (χ0v) is 7.05. The van der Waals surface area contributed by atoms with Crippen molar-refractivity contribution in [3.8, 4) is 0 Å². The maximum Gasteiger partial charge on any atom is 0.240 e. The number of hydrogen-bond donors (Lipinski definition) is 2. The van der Waals surface area contributed by atoms with Crippen molar-refractivity contribution in [2.75, 3.05) is 0 Å². The minimum absolute atomic E-state index is 0.0383. The molecule has 0 fully saturated rings. The van der Waals surface area contributed by atoms with Gasteiger partial charge >= 0.3 is 0 Å². The van der Waals surface area contributed by atoms with E-state index in [0.29, 0.717) is 0 Å². The van der Waals surface area contributed by atoms with Crippen molar-refractivity contribution in [3.63, 3.8) is 0 Å². The first-order valence-corrected chi connectivity index (χ1v) is 3.51. The summed E-state index contributed by atoms with van der Waals surface area (Å²) in [4.78, 5) is 21.2. The molecule has 11 heavy (non-hydrogen) atoms. The highest BCUT2D eigenvalue weighted by molar-refractivity contribution is 5.85. The molecule has 0 aliphatic carbocycles. The monoisotopic (exact) mass is 158 g/mol. The normalized spacial score (nSPS) is 12.7. The number of hydrogen-bond acceptors (Lipinski definition) is 2. The number of carbonyl (C=O) groups excluding carboxylic acids is 2. The molecule has 0 rings (SSSR count). The summed E-state index contributed by atoms with van der Waals surface area (Å²) in [5, 5.41) is 2.47. The molecule has 0 saturated heterocycles. The topological polar surface area (TPSA) is 72.2 Å². The summed E-state index contributed by atoms with van der Waals surface area (Å²) >= 11 is 0. The molecule has 0 bridgehead atoms. The molecule has 0 radical (unpaired) electrons. The highest BCUT2D eigenvalue weighted by Gasteiger charge is 2.19. The van der Waals surface area contributed by atoms with Crippen LogP contribution in [-0.2, 0) is 9.59 Å². The van der Waals surface area contributed by atoms with E-state index in [-0.39, 0.29) is 11.8 Å². The van der Waals surface area contributed by atoms with Gasteiger partial charge in [0.15, 0.2) is 0 Å². The summed E-state index contributed by atoms with van der Waals surface area (Å²) in [6.45, 7) is 5.01. The summed E-state index contributed by atoms with van der Waals surface area (Å²) in [5.41, 5.74) is 5.03. The Morgan fingerprint density at radius 1 is 1.36 bits per heavy atom. The molecule has 64 valence electrons. The van der Waals surface area contributed by atoms with E-state index in [0.717, 1.165) is 0 Å². The molecule has 0 aromatic carbocycles. The highest BCUT2D eigenvalue weighted by Crippen LogP contribution is 1.99. The Morgan fingerprint density at radius 3 is 1.91 bits per heavy atom. The molecule has 4 nitrogen and oxygen atoms in total. The second-order valence-corrected chi connectivity index (χ2v) is 2.82. The standard InChI is InChI=1S/C7H14N2O2/c1-4(2)6(7(8)11)9-5(3)10/h4,6H,1-3H3,(H2,8,11)(H,9,10). The minimum atomic E-state index is -0.549. The van der Waals surface area contributed by atoms with Gasteiger partial charge in [-0.3, -0.25) is 9.59 Å². The Bertz CT molecular complexity index is 166. The summed E-state index contributed by atoms with van der Waals surface area (Å²) in [6, 6.07) is -0.549. The third-order valence-corrected chi connectivity index (χ3v) is 1.33. The van der Waals surface area contributed by atoms with E-state index in [9.17, 15) is 9.59 Å². The van der Waals surface area contributed by atoms with Crippen molar-refractivity contribution < 1.29 is 9.59 Å². The van der Waals surface area contributed by atoms with Crippen LogP contribution in [0.25, 0.3) is 0 Å². The number of rotatable bonds is 3. The number of nitrogens with two attached hydrogens (primary N) is 1. The molecular formula is C7H14N2O2. The summed E-state index contributed by atoms with van der Waals surface area (Å²) < 4.78 is 0. The molecule has 3 N–H and O–H groups in total. The SMILES string of the molecule is CC(=O)NC(C(N)=O)C(C)C. The van der Waals surface area contributed by atoms with E-state index in [2.05, 4.69) is 5.32 Å². The maximum atomic E-state index is 10.7. The largest absolute Gasteiger partial charge is 0.368 e. The number of amides is 2. The molecule has 0 heterocycles. The molecule has 1 unspecified atom stereocenters. The minimum Gasteiger partial charge on any atom is -0.368 e. The van der Waals surface area contributed by atoms with Gasteiger partial charge in [-0.25, -0.2) is 0 Å². The van der Waals surface area contributed by atoms with E-state index < -0.39 is 11.9 Å². The van der Waals surface area contributed by atoms with Crippen LogP contribution in [0.5, 0.6) is 0 Å². The first-order chi connectivity index (χ1) is 4.95. The van der Waals surface area contributed by atoms with Crippen LogP contribution < -0.4 is 11.1 Å². The van der Waals surface area contributed by atoms with Gasteiger partial charge in [-0.2, -0.15) is 0 Å². The molecule has 0 aromatic heterocycles. The van der Waals surface area contributed by atoms with Gasteiger partial charge in [0, 0.05) is 6.92 Å². The predicted octanol–water partition coefficient (Wildman–Crippen LogP) is -0.368. The van der Waals surface area contributed by atoms with Crippen molar-refractivity contribution in [3.05, 3.63) is 0 Å². The van der Waals surface area contributed by atoms with Gasteiger partial charge < -0.3 is 11.1 Å². The molecule has 4 heteroatoms. The Hall–Kier alpha value is -1.06. The van der Waals surface area contributed by atoms with Crippen molar-refractivity contribution in [2.45, 2.75) is 26.8 Å². The van der Waals surface area contributed by atoms with Crippen LogP contribution in [-0.4, -0.2) is 17.9 Å². The van der Waals surface area contributed by atoms with Gasteiger partial charge in [0.1, 0.15) is 6.04 Å². The fourth-order valence-corrected chi connectivity index (χ4v) is 0.785. The fraction of sp³-hybridized carbons (Fsp3) is 0.714. The van der Waals surface area contributed by atoms with E-state index in [4.69, 9.17) is 5.73 Å². The van der Waals surface area contributed by atoms with Gasteiger partial charge in [0.2, 0.25) is 11.8 Å². The van der Waals surface area contributed by atoms with Crippen LogP contribution in [0.2, 0.25) is 0 Å². The van der Waals surface area contributed by atoms with Crippen molar-refractivity contribution in [1.29, 1.82) is 0 Å². The second-order valence-electron chi connectivity index (χ2n) is 2.82. The Morgan fingerprint density at radius 2 is 1.82 bits per heavy atom. The highest BCUT2D eigenvalue weighted by atomic mass is 16.2. The zero-order chi connectivity index (χ0) is 9.02. The fourth-order valence-electron chi connectivity index (χ4n) is 0.785. The average Bonchev–Trinajstić information content (AvgIpc) is 1.81. The van der Waals surface area contributed by atoms with E-state index >= 15 is 0 Å². The van der Waals surface area contributed by atoms with Crippen LogP contribution >= 0.6 is 0 Å². The van der Waals surface area contributed by atoms with Crippen LogP contribution in [0.1, 0.15) is 20.8 Å². The van der Waals surface area contributed by atoms with Gasteiger partial charge in [0.05, 0.1) is 0 Å². The van der Waals surface area contributed by atoms with Crippen molar-refractivity contribution in [1.82, 2.24) is 5.32 Å². The second kappa shape index (κ2) is 3.95. The van der Waals surface area contributed by atoms with E-state index in [1.165, 1.54) is 6.92 Å². The molecule has 0 spiro atoms. The van der Waals surface area contributed by atoms with Gasteiger partial charge in [-0.15, -0.1) is 0 Å². The lowest BCUT2D eigenvalue weighted by Gasteiger charge is -2.17. The van der Waals surface area contributed by atoms with Gasteiger partial charge in [0.25, 0.3) is 0 Å². The third-order valence-electron chi connectivity index (χ3n) is 1.33. The third kappa shape index (κ3) is 3.60. The summed E-state index contributed by atoms with van der Waals surface area (Å²) in [7, 11) is 0. The first-order valence-electron chi connectivity index (χ1n) is 3.51. The Kier molecular flexibility index (Phi) is 3.57. The van der Waals surface area contributed by atoms with Crippen LogP contribution in [0.4, 0.5) is 0 Å². The zero-order valence-electron chi connectivity index (χ0n) is 7.05. The number of nitrogens with one attached hydrogen (secondary N) is 1.